The first-order chi connectivity index (χ1) is 13.5. The quantitative estimate of drug-likeness (QED) is 0.813. The van der Waals surface area contributed by atoms with Gasteiger partial charge < -0.3 is 14.8 Å². The zero-order chi connectivity index (χ0) is 19.6. The van der Waals surface area contributed by atoms with Gasteiger partial charge in [-0.1, -0.05) is 6.07 Å². The maximum atomic E-state index is 12.6. The molecule has 4 rings (SSSR count). The number of amides is 1. The molecule has 0 radical (unpaired) electrons. The molecule has 8 nitrogen and oxygen atoms in total. The van der Waals surface area contributed by atoms with Crippen molar-refractivity contribution in [2.75, 3.05) is 19.9 Å². The number of pyridine rings is 1. The van der Waals surface area contributed by atoms with Gasteiger partial charge in [0.1, 0.15) is 4.90 Å². The monoisotopic (exact) mass is 403 g/mol. The van der Waals surface area contributed by atoms with Gasteiger partial charge in [0.05, 0.1) is 0 Å². The van der Waals surface area contributed by atoms with Crippen LogP contribution in [0.5, 0.6) is 11.5 Å². The average molecular weight is 403 g/mol. The van der Waals surface area contributed by atoms with Gasteiger partial charge in [0.2, 0.25) is 22.7 Å². The molecule has 148 valence electrons. The molecule has 3 heterocycles. The van der Waals surface area contributed by atoms with E-state index in [1.165, 1.54) is 22.8 Å². The van der Waals surface area contributed by atoms with Crippen LogP contribution < -0.4 is 14.8 Å². The zero-order valence-corrected chi connectivity index (χ0v) is 16.0. The SMILES string of the molecule is O=C(NCc1ccc2c(c1)OCO2)C1CCN(S(=O)(=O)c2cccnc2)CC1. The Hall–Kier alpha value is -2.65. The normalized spacial score (nSPS) is 17.4. The van der Waals surface area contributed by atoms with Gasteiger partial charge in [-0.2, -0.15) is 4.31 Å². The number of nitrogens with zero attached hydrogens (tertiary/aromatic N) is 2. The molecule has 0 bridgehead atoms. The van der Waals surface area contributed by atoms with Crippen LogP contribution in [0.2, 0.25) is 0 Å². The molecule has 1 amide bonds. The van der Waals surface area contributed by atoms with Gasteiger partial charge in [0.25, 0.3) is 0 Å². The maximum absolute atomic E-state index is 12.6. The molecule has 1 saturated heterocycles. The fourth-order valence-corrected chi connectivity index (χ4v) is 4.83. The summed E-state index contributed by atoms with van der Waals surface area (Å²) in [6.07, 6.45) is 3.87. The summed E-state index contributed by atoms with van der Waals surface area (Å²) in [5, 5.41) is 2.93. The highest BCUT2D eigenvalue weighted by atomic mass is 32.2. The molecule has 2 aliphatic heterocycles. The third-order valence-electron chi connectivity index (χ3n) is 5.00. The van der Waals surface area contributed by atoms with E-state index in [0.717, 1.165) is 5.56 Å². The van der Waals surface area contributed by atoms with Crippen molar-refractivity contribution in [1.29, 1.82) is 0 Å². The van der Waals surface area contributed by atoms with Gasteiger partial charge in [-0.15, -0.1) is 0 Å². The van der Waals surface area contributed by atoms with Gasteiger partial charge in [-0.05, 0) is 42.7 Å². The molecule has 1 fully saturated rings. The Morgan fingerprint density at radius 1 is 1.18 bits per heavy atom. The molecular formula is C19H21N3O5S. The van der Waals surface area contributed by atoms with Gasteiger partial charge in [-0.25, -0.2) is 8.42 Å². The minimum atomic E-state index is -3.56. The molecule has 28 heavy (non-hydrogen) atoms. The van der Waals surface area contributed by atoms with E-state index in [-0.39, 0.29) is 23.5 Å². The van der Waals surface area contributed by atoms with Gasteiger partial charge in [0.15, 0.2) is 11.5 Å². The van der Waals surface area contributed by atoms with Crippen molar-refractivity contribution in [3.63, 3.8) is 0 Å². The highest BCUT2D eigenvalue weighted by molar-refractivity contribution is 7.89. The molecule has 1 aromatic heterocycles. The van der Waals surface area contributed by atoms with E-state index in [1.54, 1.807) is 6.07 Å². The molecule has 0 spiro atoms. The van der Waals surface area contributed by atoms with Crippen LogP contribution in [0.1, 0.15) is 18.4 Å². The van der Waals surface area contributed by atoms with E-state index < -0.39 is 10.0 Å². The van der Waals surface area contributed by atoms with E-state index in [4.69, 9.17) is 9.47 Å². The number of rotatable bonds is 5. The summed E-state index contributed by atoms with van der Waals surface area (Å²) in [6, 6.07) is 8.70. The van der Waals surface area contributed by atoms with Crippen molar-refractivity contribution >= 4 is 15.9 Å². The molecule has 9 heteroatoms. The summed E-state index contributed by atoms with van der Waals surface area (Å²) in [5.41, 5.74) is 0.925. The highest BCUT2D eigenvalue weighted by Gasteiger charge is 2.32. The van der Waals surface area contributed by atoms with Crippen molar-refractivity contribution in [3.05, 3.63) is 48.3 Å². The molecule has 1 N–H and O–H groups in total. The topological polar surface area (TPSA) is 97.8 Å². The Labute approximate surface area is 163 Å². The number of hydrogen-bond acceptors (Lipinski definition) is 6. The van der Waals surface area contributed by atoms with Crippen LogP contribution in [0.15, 0.2) is 47.6 Å². The second-order valence-corrected chi connectivity index (χ2v) is 8.71. The first kappa shape index (κ1) is 18.7. The van der Waals surface area contributed by atoms with Crippen LogP contribution in [-0.2, 0) is 21.4 Å². The minimum Gasteiger partial charge on any atom is -0.454 e. The summed E-state index contributed by atoms with van der Waals surface area (Å²) in [5.74, 6) is 1.13. The summed E-state index contributed by atoms with van der Waals surface area (Å²) in [4.78, 5) is 16.5. The molecule has 0 saturated carbocycles. The molecule has 0 unspecified atom stereocenters. The van der Waals surface area contributed by atoms with Crippen molar-refractivity contribution in [2.45, 2.75) is 24.3 Å². The van der Waals surface area contributed by atoms with Gasteiger partial charge in [0, 0.05) is 37.9 Å². The van der Waals surface area contributed by atoms with E-state index >= 15 is 0 Å². The third kappa shape index (κ3) is 3.81. The van der Waals surface area contributed by atoms with E-state index in [9.17, 15) is 13.2 Å². The lowest BCUT2D eigenvalue weighted by Gasteiger charge is -2.30. The lowest BCUT2D eigenvalue weighted by molar-refractivity contribution is -0.126. The fourth-order valence-electron chi connectivity index (χ4n) is 3.39. The number of carbonyl (C=O) groups excluding carboxylic acids is 1. The number of piperidine rings is 1. The summed E-state index contributed by atoms with van der Waals surface area (Å²) < 4.78 is 37.3. The number of sulfonamides is 1. The predicted octanol–water partition coefficient (Wildman–Crippen LogP) is 1.53. The van der Waals surface area contributed by atoms with E-state index in [0.29, 0.717) is 44.0 Å². The predicted molar refractivity (Wildman–Crippen MR) is 100 cm³/mol. The third-order valence-corrected chi connectivity index (χ3v) is 6.88. The van der Waals surface area contributed by atoms with Crippen LogP contribution in [0.25, 0.3) is 0 Å². The average Bonchev–Trinajstić information content (AvgIpc) is 3.20. The second-order valence-electron chi connectivity index (χ2n) is 6.77. The standard InChI is InChI=1S/C19H21N3O5S/c23-19(21-11-14-3-4-17-18(10-14)27-13-26-17)15-5-8-22(9-6-15)28(24,25)16-2-1-7-20-12-16/h1-4,7,10,12,15H,5-6,8-9,11,13H2,(H,21,23). The van der Waals surface area contributed by atoms with E-state index in [2.05, 4.69) is 10.3 Å². The first-order valence-corrected chi connectivity index (χ1v) is 10.5. The Morgan fingerprint density at radius 3 is 2.71 bits per heavy atom. The molecular weight excluding hydrogens is 382 g/mol. The summed E-state index contributed by atoms with van der Waals surface area (Å²) in [6.45, 7) is 1.24. The lowest BCUT2D eigenvalue weighted by Crippen LogP contribution is -2.42. The van der Waals surface area contributed by atoms with Crippen LogP contribution in [-0.4, -0.2) is 43.5 Å². The smallest absolute Gasteiger partial charge is 0.244 e. The number of ether oxygens (including phenoxy) is 2. The largest absolute Gasteiger partial charge is 0.454 e. The molecule has 1 aromatic carbocycles. The van der Waals surface area contributed by atoms with Crippen LogP contribution in [0.3, 0.4) is 0 Å². The van der Waals surface area contributed by atoms with Crippen LogP contribution >= 0.6 is 0 Å². The Bertz CT molecular complexity index is 957. The molecule has 0 atom stereocenters. The number of fused-ring (bicyclic) bond motifs is 1. The second kappa shape index (κ2) is 7.76. The Balaban J connectivity index is 1.30. The van der Waals surface area contributed by atoms with Gasteiger partial charge in [-0.3, -0.25) is 9.78 Å². The van der Waals surface area contributed by atoms with Crippen molar-refractivity contribution in [3.8, 4) is 11.5 Å². The van der Waals surface area contributed by atoms with Crippen molar-refractivity contribution in [1.82, 2.24) is 14.6 Å². The molecule has 2 aliphatic rings. The maximum Gasteiger partial charge on any atom is 0.244 e. The lowest BCUT2D eigenvalue weighted by atomic mass is 9.97. The van der Waals surface area contributed by atoms with E-state index in [1.807, 2.05) is 18.2 Å². The van der Waals surface area contributed by atoms with Crippen molar-refractivity contribution in [2.24, 2.45) is 5.92 Å². The number of benzene rings is 1. The zero-order valence-electron chi connectivity index (χ0n) is 15.2. The highest BCUT2D eigenvalue weighted by Crippen LogP contribution is 2.32. The minimum absolute atomic E-state index is 0.0592. The molecule has 2 aromatic rings. The van der Waals surface area contributed by atoms with Crippen LogP contribution in [0, 0.1) is 5.92 Å². The van der Waals surface area contributed by atoms with Crippen LogP contribution in [0.4, 0.5) is 0 Å². The Morgan fingerprint density at radius 2 is 1.96 bits per heavy atom. The first-order valence-electron chi connectivity index (χ1n) is 9.10. The number of carbonyl (C=O) groups is 1. The molecule has 0 aliphatic carbocycles. The van der Waals surface area contributed by atoms with Gasteiger partial charge >= 0.3 is 0 Å². The Kier molecular flexibility index (Phi) is 5.19. The number of hydrogen-bond donors (Lipinski definition) is 1. The number of nitrogens with one attached hydrogen (secondary N) is 1. The summed E-state index contributed by atoms with van der Waals surface area (Å²) >= 11 is 0. The van der Waals surface area contributed by atoms with Crippen molar-refractivity contribution < 1.29 is 22.7 Å². The summed E-state index contributed by atoms with van der Waals surface area (Å²) in [7, 11) is -3.56. The number of aromatic nitrogens is 1. The fraction of sp³-hybridized carbons (Fsp3) is 0.368.